The minimum atomic E-state index is -1.07. The summed E-state index contributed by atoms with van der Waals surface area (Å²) in [4.78, 5) is 16.6. The normalized spacial score (nSPS) is 21.4. The molecule has 4 rings (SSSR count). The number of carbonyl (C=O) groups is 1. The topological polar surface area (TPSA) is 70.8 Å². The Bertz CT molecular complexity index is 917. The second-order valence-electron chi connectivity index (χ2n) is 7.16. The van der Waals surface area contributed by atoms with Gasteiger partial charge < -0.3 is 25.6 Å². The summed E-state index contributed by atoms with van der Waals surface area (Å²) in [6, 6.07) is 11.6. The van der Waals surface area contributed by atoms with Gasteiger partial charge in [-0.25, -0.2) is 0 Å². The maximum Gasteiger partial charge on any atom is 0.263 e. The summed E-state index contributed by atoms with van der Waals surface area (Å²) >= 11 is 12.6. The maximum absolute atomic E-state index is 12.4. The zero-order chi connectivity index (χ0) is 19.9. The number of fused-ring (bicyclic) bond motifs is 1. The predicted octanol–water partition coefficient (Wildman–Crippen LogP) is 3.46. The molecule has 8 heteroatoms. The third-order valence-electron chi connectivity index (χ3n) is 5.41. The van der Waals surface area contributed by atoms with Crippen LogP contribution >= 0.6 is 23.2 Å². The molecule has 2 heterocycles. The molecule has 1 amide bonds. The maximum atomic E-state index is 12.4. The van der Waals surface area contributed by atoms with Crippen molar-refractivity contribution in [2.75, 3.05) is 41.4 Å². The molecule has 2 aliphatic rings. The lowest BCUT2D eigenvalue weighted by molar-refractivity contribution is -0.121. The van der Waals surface area contributed by atoms with Crippen molar-refractivity contribution in [2.45, 2.75) is 19.1 Å². The van der Waals surface area contributed by atoms with Crippen LogP contribution in [0.25, 0.3) is 0 Å². The van der Waals surface area contributed by atoms with E-state index < -0.39 is 11.6 Å². The van der Waals surface area contributed by atoms with Crippen LogP contribution in [-0.4, -0.2) is 37.9 Å². The Balaban J connectivity index is 1.74. The number of morpholine rings is 1. The number of nitrogens with zero attached hydrogens (tertiary/aromatic N) is 2. The summed E-state index contributed by atoms with van der Waals surface area (Å²) in [5.41, 5.74) is 8.38. The molecule has 0 spiro atoms. The molecule has 0 radical (unpaired) electrons. The Kier molecular flexibility index (Phi) is 5.04. The van der Waals surface area contributed by atoms with Crippen molar-refractivity contribution in [1.82, 2.24) is 0 Å². The molecule has 2 aliphatic heterocycles. The van der Waals surface area contributed by atoms with Crippen LogP contribution in [0.1, 0.15) is 12.5 Å². The Morgan fingerprint density at radius 3 is 2.71 bits per heavy atom. The van der Waals surface area contributed by atoms with Gasteiger partial charge in [-0.15, -0.1) is 0 Å². The average Bonchev–Trinajstić information content (AvgIpc) is 2.98. The van der Waals surface area contributed by atoms with Crippen molar-refractivity contribution in [1.29, 1.82) is 0 Å². The SMILES string of the molecule is CC1(C(N)=O)Nc2ccc(N3CCOCC3)cc2N1Cc1cccc(Cl)c1Cl. The third-order valence-corrected chi connectivity index (χ3v) is 6.26. The zero-order valence-corrected chi connectivity index (χ0v) is 17.1. The fourth-order valence-electron chi connectivity index (χ4n) is 3.72. The molecule has 1 saturated heterocycles. The van der Waals surface area contributed by atoms with Crippen LogP contribution < -0.4 is 20.9 Å². The van der Waals surface area contributed by atoms with Gasteiger partial charge in [0.25, 0.3) is 5.91 Å². The first-order valence-corrected chi connectivity index (χ1v) is 9.91. The van der Waals surface area contributed by atoms with Gasteiger partial charge in [-0.05, 0) is 36.8 Å². The van der Waals surface area contributed by atoms with Crippen LogP contribution in [-0.2, 0) is 16.1 Å². The van der Waals surface area contributed by atoms with Gasteiger partial charge in [0.2, 0.25) is 0 Å². The standard InChI is InChI=1S/C20H22Cl2N4O2/c1-20(19(23)27)24-16-6-5-14(25-7-9-28-10-8-25)11-17(16)26(20)12-13-3-2-4-15(21)18(13)22/h2-6,11,24H,7-10,12H2,1H3,(H2,23,27). The van der Waals surface area contributed by atoms with Gasteiger partial charge in [0.05, 0.1) is 34.6 Å². The second kappa shape index (κ2) is 7.35. The number of benzene rings is 2. The van der Waals surface area contributed by atoms with Gasteiger partial charge in [0.15, 0.2) is 5.66 Å². The second-order valence-corrected chi connectivity index (χ2v) is 7.95. The quantitative estimate of drug-likeness (QED) is 0.792. The highest BCUT2D eigenvalue weighted by molar-refractivity contribution is 6.42. The number of rotatable bonds is 4. The van der Waals surface area contributed by atoms with E-state index in [9.17, 15) is 4.79 Å². The van der Waals surface area contributed by atoms with Gasteiger partial charge >= 0.3 is 0 Å². The van der Waals surface area contributed by atoms with Crippen molar-refractivity contribution < 1.29 is 9.53 Å². The lowest BCUT2D eigenvalue weighted by Gasteiger charge is -2.35. The Morgan fingerprint density at radius 1 is 1.25 bits per heavy atom. The van der Waals surface area contributed by atoms with E-state index in [1.807, 2.05) is 23.1 Å². The first-order valence-electron chi connectivity index (χ1n) is 9.15. The summed E-state index contributed by atoms with van der Waals surface area (Å²) in [6.45, 7) is 5.25. The largest absolute Gasteiger partial charge is 0.378 e. The average molecular weight is 421 g/mol. The van der Waals surface area contributed by atoms with Crippen molar-refractivity contribution in [3.05, 3.63) is 52.0 Å². The number of hydrogen-bond acceptors (Lipinski definition) is 5. The van der Waals surface area contributed by atoms with Gasteiger partial charge in [0, 0.05) is 25.3 Å². The summed E-state index contributed by atoms with van der Waals surface area (Å²) < 4.78 is 5.45. The van der Waals surface area contributed by atoms with E-state index in [1.54, 1.807) is 13.0 Å². The number of carbonyl (C=O) groups excluding carboxylic acids is 1. The molecule has 1 fully saturated rings. The summed E-state index contributed by atoms with van der Waals surface area (Å²) in [5, 5.41) is 4.24. The van der Waals surface area contributed by atoms with Crippen LogP contribution in [0.3, 0.4) is 0 Å². The third kappa shape index (κ3) is 3.26. The molecular formula is C20H22Cl2N4O2. The summed E-state index contributed by atoms with van der Waals surface area (Å²) in [7, 11) is 0. The molecule has 0 aromatic heterocycles. The zero-order valence-electron chi connectivity index (χ0n) is 15.5. The van der Waals surface area contributed by atoms with E-state index in [4.69, 9.17) is 33.7 Å². The van der Waals surface area contributed by atoms with E-state index >= 15 is 0 Å². The monoisotopic (exact) mass is 420 g/mol. The highest BCUT2D eigenvalue weighted by atomic mass is 35.5. The van der Waals surface area contributed by atoms with E-state index in [2.05, 4.69) is 22.3 Å². The predicted molar refractivity (Wildman–Crippen MR) is 113 cm³/mol. The number of amides is 1. The Labute approximate surface area is 174 Å². The van der Waals surface area contributed by atoms with Crippen molar-refractivity contribution in [3.63, 3.8) is 0 Å². The first-order chi connectivity index (χ1) is 13.4. The van der Waals surface area contributed by atoms with Crippen LogP contribution in [0.2, 0.25) is 10.0 Å². The molecule has 2 aromatic carbocycles. The molecule has 0 saturated carbocycles. The van der Waals surface area contributed by atoms with Gasteiger partial charge in [0.1, 0.15) is 0 Å². The summed E-state index contributed by atoms with van der Waals surface area (Å²) in [5.74, 6) is -0.463. The molecule has 2 aromatic rings. The van der Waals surface area contributed by atoms with Gasteiger partial charge in [-0.1, -0.05) is 35.3 Å². The Morgan fingerprint density at radius 2 is 2.00 bits per heavy atom. The number of nitrogens with two attached hydrogens (primary N) is 1. The fraction of sp³-hybridized carbons (Fsp3) is 0.350. The van der Waals surface area contributed by atoms with Crippen molar-refractivity contribution in [3.8, 4) is 0 Å². The summed E-state index contributed by atoms with van der Waals surface area (Å²) in [6.07, 6.45) is 0. The molecule has 3 N–H and O–H groups in total. The number of nitrogens with one attached hydrogen (secondary N) is 1. The number of primary amides is 1. The van der Waals surface area contributed by atoms with Crippen LogP contribution in [0.5, 0.6) is 0 Å². The van der Waals surface area contributed by atoms with Gasteiger partial charge in [-0.3, -0.25) is 4.79 Å². The van der Waals surface area contributed by atoms with Crippen LogP contribution in [0, 0.1) is 0 Å². The molecule has 0 aliphatic carbocycles. The minimum Gasteiger partial charge on any atom is -0.378 e. The van der Waals surface area contributed by atoms with Crippen molar-refractivity contribution in [2.24, 2.45) is 5.73 Å². The van der Waals surface area contributed by atoms with E-state index in [0.717, 1.165) is 35.7 Å². The molecule has 1 atom stereocenters. The van der Waals surface area contributed by atoms with Gasteiger partial charge in [-0.2, -0.15) is 0 Å². The molecule has 148 valence electrons. The number of ether oxygens (including phenoxy) is 1. The highest BCUT2D eigenvalue weighted by Crippen LogP contribution is 2.43. The highest BCUT2D eigenvalue weighted by Gasteiger charge is 2.44. The number of anilines is 3. The number of halogens is 2. The fourth-order valence-corrected chi connectivity index (χ4v) is 4.10. The molecule has 6 nitrogen and oxygen atoms in total. The smallest absolute Gasteiger partial charge is 0.263 e. The molecule has 0 bridgehead atoms. The van der Waals surface area contributed by atoms with E-state index in [-0.39, 0.29) is 0 Å². The molecule has 28 heavy (non-hydrogen) atoms. The molecular weight excluding hydrogens is 399 g/mol. The van der Waals surface area contributed by atoms with Crippen LogP contribution in [0.4, 0.5) is 17.1 Å². The van der Waals surface area contributed by atoms with E-state index in [1.165, 1.54) is 0 Å². The van der Waals surface area contributed by atoms with Crippen molar-refractivity contribution >= 4 is 46.2 Å². The Hall–Kier alpha value is -2.15. The molecule has 1 unspecified atom stereocenters. The lowest BCUT2D eigenvalue weighted by Crippen LogP contribution is -2.57. The first kappa shape index (κ1) is 19.2. The number of hydrogen-bond donors (Lipinski definition) is 2. The van der Waals surface area contributed by atoms with Crippen LogP contribution in [0.15, 0.2) is 36.4 Å². The minimum absolute atomic E-state index is 0.394. The lowest BCUT2D eigenvalue weighted by atomic mass is 10.1. The van der Waals surface area contributed by atoms with E-state index in [0.29, 0.717) is 29.8 Å².